The van der Waals surface area contributed by atoms with Gasteiger partial charge in [0.1, 0.15) is 5.75 Å². The van der Waals surface area contributed by atoms with E-state index >= 15 is 0 Å². The maximum Gasteiger partial charge on any atom is 0.573 e. The van der Waals surface area contributed by atoms with Gasteiger partial charge in [-0.3, -0.25) is 0 Å². The Morgan fingerprint density at radius 2 is 1.85 bits per heavy atom. The van der Waals surface area contributed by atoms with Crippen LogP contribution in [0.4, 0.5) is 13.2 Å². The number of halogens is 3. The first-order valence-corrected chi connectivity index (χ1v) is 10.2. The highest BCUT2D eigenvalue weighted by atomic mass is 19.4. The second-order valence-electron chi connectivity index (χ2n) is 7.99. The Morgan fingerprint density at radius 1 is 1.11 bits per heavy atom. The molecule has 1 N–H and O–H groups in total. The van der Waals surface area contributed by atoms with Crippen LogP contribution in [0.5, 0.6) is 5.75 Å². The highest BCUT2D eigenvalue weighted by Crippen LogP contribution is 2.51. The lowest BCUT2D eigenvalue weighted by molar-refractivity contribution is -0.274. The largest absolute Gasteiger partial charge is 0.573 e. The molecule has 1 saturated carbocycles. The number of rotatable bonds is 11. The smallest absolute Gasteiger partial charge is 0.406 e. The molecule has 2 fully saturated rings. The third-order valence-electron chi connectivity index (χ3n) is 5.87. The lowest BCUT2D eigenvalue weighted by atomic mass is 10.1. The second-order valence-corrected chi connectivity index (χ2v) is 7.99. The normalized spacial score (nSPS) is 24.8. The van der Waals surface area contributed by atoms with E-state index in [1.54, 1.807) is 6.07 Å². The molecule has 3 nitrogen and oxygen atoms in total. The molecule has 1 aliphatic carbocycles. The number of fused-ring (bicyclic) bond motifs is 1. The number of likely N-dealkylation sites (tertiary alicyclic amines) is 1. The molecule has 0 amide bonds. The van der Waals surface area contributed by atoms with Crippen molar-refractivity contribution in [3.8, 4) is 5.75 Å². The van der Waals surface area contributed by atoms with Crippen LogP contribution in [0.3, 0.4) is 0 Å². The summed E-state index contributed by atoms with van der Waals surface area (Å²) in [6, 6.07) is 6.21. The van der Waals surface area contributed by atoms with Crippen molar-refractivity contribution in [1.82, 2.24) is 10.2 Å². The van der Waals surface area contributed by atoms with Gasteiger partial charge in [0.05, 0.1) is 0 Å². The number of ether oxygens (including phenoxy) is 1. The van der Waals surface area contributed by atoms with Crippen LogP contribution in [-0.4, -0.2) is 37.4 Å². The van der Waals surface area contributed by atoms with Crippen LogP contribution in [0.2, 0.25) is 0 Å². The Bertz CT molecular complexity index is 581. The van der Waals surface area contributed by atoms with Gasteiger partial charge in [-0.25, -0.2) is 0 Å². The maximum absolute atomic E-state index is 12.3. The van der Waals surface area contributed by atoms with Crippen molar-refractivity contribution >= 4 is 0 Å². The Hall–Kier alpha value is -1.27. The SMILES string of the molecule is CCCCCCCN1CC2C(CNCc3cccc(OC(F)(F)F)c3)C2C1. The zero-order chi connectivity index (χ0) is 19.3. The number of unbranched alkanes of at least 4 members (excludes halogenated alkanes) is 4. The van der Waals surface area contributed by atoms with Crippen LogP contribution in [0.1, 0.15) is 44.6 Å². The molecule has 0 aromatic heterocycles. The summed E-state index contributed by atoms with van der Waals surface area (Å²) in [6.07, 6.45) is 2.03. The number of nitrogens with one attached hydrogen (secondary N) is 1. The van der Waals surface area contributed by atoms with E-state index in [4.69, 9.17) is 0 Å². The molecule has 2 aliphatic rings. The summed E-state index contributed by atoms with van der Waals surface area (Å²) in [6.45, 7) is 7.45. The summed E-state index contributed by atoms with van der Waals surface area (Å²) in [5.74, 6) is 2.21. The number of hydrogen-bond donors (Lipinski definition) is 1. The molecule has 0 spiro atoms. The summed E-state index contributed by atoms with van der Waals surface area (Å²) >= 11 is 0. The van der Waals surface area contributed by atoms with E-state index in [2.05, 4.69) is 21.9 Å². The predicted molar refractivity (Wildman–Crippen MR) is 101 cm³/mol. The molecule has 6 heteroatoms. The summed E-state index contributed by atoms with van der Waals surface area (Å²) in [7, 11) is 0. The Labute approximate surface area is 160 Å². The molecule has 2 atom stereocenters. The molecule has 0 radical (unpaired) electrons. The van der Waals surface area contributed by atoms with Crippen LogP contribution in [-0.2, 0) is 6.54 Å². The minimum Gasteiger partial charge on any atom is -0.406 e. The van der Waals surface area contributed by atoms with Crippen LogP contribution in [0.15, 0.2) is 24.3 Å². The number of nitrogens with zero attached hydrogens (tertiary/aromatic N) is 1. The van der Waals surface area contributed by atoms with Gasteiger partial charge in [0, 0.05) is 19.6 Å². The van der Waals surface area contributed by atoms with Crippen LogP contribution >= 0.6 is 0 Å². The minimum atomic E-state index is -4.64. The lowest BCUT2D eigenvalue weighted by Crippen LogP contribution is -2.28. The third-order valence-corrected chi connectivity index (χ3v) is 5.87. The maximum atomic E-state index is 12.3. The average molecular weight is 384 g/mol. The molecular weight excluding hydrogens is 353 g/mol. The molecule has 1 saturated heterocycles. The summed E-state index contributed by atoms with van der Waals surface area (Å²) in [4.78, 5) is 2.61. The van der Waals surface area contributed by atoms with Crippen molar-refractivity contribution in [3.63, 3.8) is 0 Å². The number of piperidine rings is 1. The summed E-state index contributed by atoms with van der Waals surface area (Å²) < 4.78 is 40.9. The van der Waals surface area contributed by atoms with Crippen molar-refractivity contribution in [3.05, 3.63) is 29.8 Å². The van der Waals surface area contributed by atoms with E-state index in [0.717, 1.165) is 29.9 Å². The second kappa shape index (κ2) is 9.28. The number of hydrogen-bond acceptors (Lipinski definition) is 3. The van der Waals surface area contributed by atoms with Crippen molar-refractivity contribution in [2.45, 2.75) is 51.9 Å². The van der Waals surface area contributed by atoms with E-state index in [9.17, 15) is 13.2 Å². The van der Waals surface area contributed by atoms with E-state index in [1.807, 2.05) is 6.07 Å². The summed E-state index contributed by atoms with van der Waals surface area (Å²) in [5, 5.41) is 3.41. The molecule has 152 valence electrons. The first-order chi connectivity index (χ1) is 13.0. The van der Waals surface area contributed by atoms with Gasteiger partial charge in [-0.1, -0.05) is 44.7 Å². The van der Waals surface area contributed by atoms with Gasteiger partial charge < -0.3 is 15.0 Å². The molecule has 2 unspecified atom stereocenters. The van der Waals surface area contributed by atoms with Crippen molar-refractivity contribution in [1.29, 1.82) is 0 Å². The van der Waals surface area contributed by atoms with Gasteiger partial charge in [-0.15, -0.1) is 13.2 Å². The number of benzene rings is 1. The lowest BCUT2D eigenvalue weighted by Gasteiger charge is -2.19. The standard InChI is InChI=1S/C21H31F3N2O/c1-2-3-4-5-6-10-26-14-19-18(20(19)15-26)13-25-12-16-8-7-9-17(11-16)27-21(22,23)24/h7-9,11,18-20,25H,2-6,10,12-15H2,1H3. The van der Waals surface area contributed by atoms with Gasteiger partial charge >= 0.3 is 6.36 Å². The van der Waals surface area contributed by atoms with Gasteiger partial charge in [0.15, 0.2) is 0 Å². The fraction of sp³-hybridized carbons (Fsp3) is 0.714. The molecule has 3 rings (SSSR count). The van der Waals surface area contributed by atoms with Crippen molar-refractivity contribution in [2.75, 3.05) is 26.2 Å². The minimum absolute atomic E-state index is 0.153. The fourth-order valence-electron chi connectivity index (χ4n) is 4.40. The molecular formula is C21H31F3N2O. The van der Waals surface area contributed by atoms with Crippen LogP contribution in [0.25, 0.3) is 0 Å². The van der Waals surface area contributed by atoms with Crippen LogP contribution in [0, 0.1) is 17.8 Å². The Morgan fingerprint density at radius 3 is 2.56 bits per heavy atom. The zero-order valence-corrected chi connectivity index (χ0v) is 16.1. The van der Waals surface area contributed by atoms with Gasteiger partial charge in [-0.05, 0) is 55.0 Å². The Balaban J connectivity index is 1.30. The quantitative estimate of drug-likeness (QED) is 0.554. The summed E-state index contributed by atoms with van der Waals surface area (Å²) in [5.41, 5.74) is 0.816. The predicted octanol–water partition coefficient (Wildman–Crippen LogP) is 4.82. The van der Waals surface area contributed by atoms with Crippen molar-refractivity contribution in [2.24, 2.45) is 17.8 Å². The molecule has 1 heterocycles. The van der Waals surface area contributed by atoms with Gasteiger partial charge in [0.25, 0.3) is 0 Å². The topological polar surface area (TPSA) is 24.5 Å². The molecule has 1 aromatic rings. The van der Waals surface area contributed by atoms with E-state index < -0.39 is 6.36 Å². The first-order valence-electron chi connectivity index (χ1n) is 10.2. The molecule has 1 aliphatic heterocycles. The van der Waals surface area contributed by atoms with Gasteiger partial charge in [0.2, 0.25) is 0 Å². The van der Waals surface area contributed by atoms with E-state index in [0.29, 0.717) is 6.54 Å². The van der Waals surface area contributed by atoms with E-state index in [-0.39, 0.29) is 5.75 Å². The zero-order valence-electron chi connectivity index (χ0n) is 16.1. The third kappa shape index (κ3) is 6.39. The van der Waals surface area contributed by atoms with Crippen molar-refractivity contribution < 1.29 is 17.9 Å². The molecule has 0 bridgehead atoms. The van der Waals surface area contributed by atoms with Crippen LogP contribution < -0.4 is 10.1 Å². The average Bonchev–Trinajstić information content (AvgIpc) is 3.05. The molecule has 1 aromatic carbocycles. The molecule has 27 heavy (non-hydrogen) atoms. The monoisotopic (exact) mass is 384 g/mol. The number of alkyl halides is 3. The fourth-order valence-corrected chi connectivity index (χ4v) is 4.40. The highest BCUT2D eigenvalue weighted by Gasteiger charge is 2.54. The Kier molecular flexibility index (Phi) is 7.04. The first kappa shape index (κ1) is 20.5. The van der Waals surface area contributed by atoms with Gasteiger partial charge in [-0.2, -0.15) is 0 Å². The van der Waals surface area contributed by atoms with E-state index in [1.165, 1.54) is 63.9 Å². The highest BCUT2D eigenvalue weighted by molar-refractivity contribution is 5.28.